The monoisotopic (exact) mass is 486 g/mol. The highest BCUT2D eigenvalue weighted by molar-refractivity contribution is 7.89. The van der Waals surface area contributed by atoms with Crippen molar-refractivity contribution >= 4 is 39.2 Å². The topological polar surface area (TPSA) is 127 Å². The van der Waals surface area contributed by atoms with Crippen LogP contribution in [0.3, 0.4) is 0 Å². The van der Waals surface area contributed by atoms with Gasteiger partial charge in [-0.15, -0.1) is 0 Å². The maximum absolute atomic E-state index is 13.2. The third kappa shape index (κ3) is 5.75. The van der Waals surface area contributed by atoms with Gasteiger partial charge in [-0.05, 0) is 57.4 Å². The highest BCUT2D eigenvalue weighted by atomic mass is 32.2. The first-order valence-corrected chi connectivity index (χ1v) is 12.2. The Bertz CT molecular complexity index is 1210. The first kappa shape index (κ1) is 25.3. The van der Waals surface area contributed by atoms with E-state index in [1.165, 1.54) is 38.1 Å². The van der Waals surface area contributed by atoms with Crippen molar-refractivity contribution < 1.29 is 32.3 Å². The first-order valence-electron chi connectivity index (χ1n) is 10.8. The molecule has 1 N–H and O–H groups in total. The van der Waals surface area contributed by atoms with Gasteiger partial charge in [0.1, 0.15) is 6.04 Å². The molecule has 1 atom stereocenters. The summed E-state index contributed by atoms with van der Waals surface area (Å²) in [5.41, 5.74) is 1.00. The first-order chi connectivity index (χ1) is 16.1. The molecule has 1 amide bonds. The second-order valence-electron chi connectivity index (χ2n) is 7.97. The molecule has 0 spiro atoms. The number of nitrogens with zero attached hydrogens (tertiary/aromatic N) is 1. The average Bonchev–Trinajstić information content (AvgIpc) is 2.82. The zero-order valence-electron chi connectivity index (χ0n) is 18.9. The maximum Gasteiger partial charge on any atom is 0.324 e. The molecule has 1 saturated heterocycles. The number of rotatable bonds is 8. The molecule has 9 nitrogen and oxygen atoms in total. The molecular weight excluding hydrogens is 460 g/mol. The van der Waals surface area contributed by atoms with Gasteiger partial charge in [-0.1, -0.05) is 24.3 Å². The maximum atomic E-state index is 13.2. The van der Waals surface area contributed by atoms with Gasteiger partial charge in [-0.2, -0.15) is 4.31 Å². The fraction of sp³-hybridized carbons (Fsp3) is 0.333. The van der Waals surface area contributed by atoms with Crippen molar-refractivity contribution in [2.75, 3.05) is 18.5 Å². The number of carbonyl (C=O) groups excluding carboxylic acids is 4. The van der Waals surface area contributed by atoms with Crippen LogP contribution in [0.15, 0.2) is 53.4 Å². The molecule has 1 heterocycles. The minimum absolute atomic E-state index is 0.0317. The molecular formula is C24H26N2O7S. The Morgan fingerprint density at radius 3 is 2.29 bits per heavy atom. The van der Waals surface area contributed by atoms with Crippen molar-refractivity contribution in [1.82, 2.24) is 4.31 Å². The van der Waals surface area contributed by atoms with Crippen LogP contribution >= 0.6 is 0 Å². The van der Waals surface area contributed by atoms with E-state index in [4.69, 9.17) is 4.74 Å². The van der Waals surface area contributed by atoms with Gasteiger partial charge in [0, 0.05) is 17.7 Å². The predicted octanol–water partition coefficient (Wildman–Crippen LogP) is 2.82. The van der Waals surface area contributed by atoms with Gasteiger partial charge in [0.05, 0.1) is 10.6 Å². The Labute approximate surface area is 198 Å². The number of carbonyl (C=O) groups is 4. The zero-order chi connectivity index (χ0) is 24.9. The Morgan fingerprint density at radius 1 is 0.971 bits per heavy atom. The molecule has 180 valence electrons. The van der Waals surface area contributed by atoms with E-state index < -0.39 is 34.5 Å². The van der Waals surface area contributed by atoms with Crippen LogP contribution in [0.2, 0.25) is 0 Å². The molecule has 0 aromatic heterocycles. The van der Waals surface area contributed by atoms with Crippen molar-refractivity contribution in [3.05, 3.63) is 59.7 Å². The Morgan fingerprint density at radius 2 is 1.65 bits per heavy atom. The van der Waals surface area contributed by atoms with Crippen LogP contribution in [-0.2, 0) is 24.3 Å². The number of hydrogen-bond acceptors (Lipinski definition) is 7. The number of ether oxygens (including phenoxy) is 1. The van der Waals surface area contributed by atoms with Crippen molar-refractivity contribution in [2.24, 2.45) is 0 Å². The van der Waals surface area contributed by atoms with Crippen molar-refractivity contribution in [3.8, 4) is 0 Å². The number of esters is 1. The standard InChI is InChI=1S/C24H26N2O7S/c1-16(27)18-10-12-19(13-11-18)34(31,32)26-14-6-5-9-22(26)24(30)33-15-23(29)25-21-8-4-3-7-20(21)17(2)28/h3-4,7-8,10-13,22H,5-6,9,14-15H2,1-2H3,(H,25,29). The summed E-state index contributed by atoms with van der Waals surface area (Å²) in [7, 11) is -4.02. The van der Waals surface area contributed by atoms with E-state index >= 15 is 0 Å². The van der Waals surface area contributed by atoms with E-state index in [0.29, 0.717) is 29.7 Å². The van der Waals surface area contributed by atoms with Crippen molar-refractivity contribution in [2.45, 2.75) is 44.0 Å². The number of hydrogen-bond donors (Lipinski definition) is 1. The van der Waals surface area contributed by atoms with Crippen molar-refractivity contribution in [3.63, 3.8) is 0 Å². The summed E-state index contributed by atoms with van der Waals surface area (Å²) in [5.74, 6) is -1.88. The van der Waals surface area contributed by atoms with Gasteiger partial charge in [-0.3, -0.25) is 19.2 Å². The fourth-order valence-corrected chi connectivity index (χ4v) is 5.39. The van der Waals surface area contributed by atoms with E-state index in [1.54, 1.807) is 24.3 Å². The van der Waals surface area contributed by atoms with Gasteiger partial charge < -0.3 is 10.1 Å². The number of nitrogens with one attached hydrogen (secondary N) is 1. The molecule has 2 aromatic carbocycles. The molecule has 3 rings (SSSR count). The number of ketones is 2. The molecule has 34 heavy (non-hydrogen) atoms. The normalized spacial score (nSPS) is 16.5. The van der Waals surface area contributed by atoms with Crippen LogP contribution in [0.4, 0.5) is 5.69 Å². The van der Waals surface area contributed by atoms with Crippen LogP contribution in [0.1, 0.15) is 53.8 Å². The summed E-state index contributed by atoms with van der Waals surface area (Å²) in [6.07, 6.45) is 1.47. The van der Waals surface area contributed by atoms with Crippen LogP contribution in [0.5, 0.6) is 0 Å². The summed E-state index contributed by atoms with van der Waals surface area (Å²) >= 11 is 0. The van der Waals surface area contributed by atoms with E-state index in [1.807, 2.05) is 0 Å². The smallest absolute Gasteiger partial charge is 0.324 e. The number of para-hydroxylation sites is 1. The van der Waals surface area contributed by atoms with Crippen LogP contribution in [0, 0.1) is 0 Å². The second-order valence-corrected chi connectivity index (χ2v) is 9.86. The largest absolute Gasteiger partial charge is 0.454 e. The van der Waals surface area contributed by atoms with Gasteiger partial charge in [0.2, 0.25) is 10.0 Å². The molecule has 0 saturated carbocycles. The highest BCUT2D eigenvalue weighted by Gasteiger charge is 2.38. The number of anilines is 1. The number of Topliss-reactive ketones (excluding diaryl/α,β-unsaturated/α-hetero) is 2. The predicted molar refractivity (Wildman–Crippen MR) is 124 cm³/mol. The third-order valence-electron chi connectivity index (χ3n) is 5.52. The van der Waals surface area contributed by atoms with E-state index in [-0.39, 0.29) is 29.4 Å². The molecule has 1 unspecified atom stereocenters. The lowest BCUT2D eigenvalue weighted by atomic mass is 10.1. The average molecular weight is 487 g/mol. The molecule has 1 fully saturated rings. The molecule has 1 aliphatic heterocycles. The van der Waals surface area contributed by atoms with Gasteiger partial charge in [0.25, 0.3) is 5.91 Å². The number of benzene rings is 2. The van der Waals surface area contributed by atoms with Crippen LogP contribution < -0.4 is 5.32 Å². The van der Waals surface area contributed by atoms with Crippen molar-refractivity contribution in [1.29, 1.82) is 0 Å². The lowest BCUT2D eigenvalue weighted by molar-refractivity contribution is -0.152. The van der Waals surface area contributed by atoms with E-state index in [9.17, 15) is 27.6 Å². The lowest BCUT2D eigenvalue weighted by Crippen LogP contribution is -2.48. The minimum atomic E-state index is -4.02. The van der Waals surface area contributed by atoms with E-state index in [2.05, 4.69) is 5.32 Å². The highest BCUT2D eigenvalue weighted by Crippen LogP contribution is 2.26. The van der Waals surface area contributed by atoms with E-state index in [0.717, 1.165) is 4.31 Å². The molecule has 2 aromatic rings. The summed E-state index contributed by atoms with van der Waals surface area (Å²) < 4.78 is 32.6. The molecule has 10 heteroatoms. The number of piperidine rings is 1. The zero-order valence-corrected chi connectivity index (χ0v) is 19.8. The summed E-state index contributed by atoms with van der Waals surface area (Å²) in [4.78, 5) is 48.2. The van der Waals surface area contributed by atoms with Crippen LogP contribution in [-0.4, -0.2) is 55.4 Å². The summed E-state index contributed by atoms with van der Waals surface area (Å²) in [6, 6.07) is 10.9. The van der Waals surface area contributed by atoms with Gasteiger partial charge >= 0.3 is 5.97 Å². The fourth-order valence-electron chi connectivity index (χ4n) is 3.74. The molecule has 0 bridgehead atoms. The SMILES string of the molecule is CC(=O)c1ccc(S(=O)(=O)N2CCCCC2C(=O)OCC(=O)Nc2ccccc2C(C)=O)cc1. The third-order valence-corrected chi connectivity index (χ3v) is 7.44. The summed E-state index contributed by atoms with van der Waals surface area (Å²) in [6.45, 7) is 2.27. The Balaban J connectivity index is 1.69. The number of sulfonamides is 1. The van der Waals surface area contributed by atoms with Gasteiger partial charge in [-0.25, -0.2) is 8.42 Å². The minimum Gasteiger partial charge on any atom is -0.454 e. The molecule has 0 aliphatic carbocycles. The quantitative estimate of drug-likeness (QED) is 0.449. The Kier molecular flexibility index (Phi) is 7.95. The molecule has 1 aliphatic rings. The second kappa shape index (κ2) is 10.7. The van der Waals surface area contributed by atoms with Gasteiger partial charge in [0.15, 0.2) is 18.2 Å². The van der Waals surface area contributed by atoms with Crippen LogP contribution in [0.25, 0.3) is 0 Å². The summed E-state index contributed by atoms with van der Waals surface area (Å²) in [5, 5.41) is 2.54. The Hall–Kier alpha value is -3.37. The lowest BCUT2D eigenvalue weighted by Gasteiger charge is -2.33. The number of amides is 1. The molecule has 0 radical (unpaired) electrons.